The van der Waals surface area contributed by atoms with Crippen molar-refractivity contribution in [3.63, 3.8) is 0 Å². The molecule has 1 aromatic heterocycles. The van der Waals surface area contributed by atoms with Gasteiger partial charge in [-0.1, -0.05) is 0 Å². The van der Waals surface area contributed by atoms with E-state index in [1.165, 1.54) is 14.5 Å². The summed E-state index contributed by atoms with van der Waals surface area (Å²) in [5.41, 5.74) is -3.82. The molecular weight excluding hydrogens is 573 g/mol. The van der Waals surface area contributed by atoms with Gasteiger partial charge in [-0.15, -0.1) is 0 Å². The van der Waals surface area contributed by atoms with Crippen LogP contribution >= 0.6 is 0 Å². The lowest BCUT2D eigenvalue weighted by Gasteiger charge is -2.42. The summed E-state index contributed by atoms with van der Waals surface area (Å²) >= 11 is 0. The number of nitrogens with one attached hydrogen (secondary N) is 1. The molecule has 3 fully saturated rings. The van der Waals surface area contributed by atoms with E-state index >= 15 is 0 Å². The molecular formula is C29H31F3N4O7. The molecule has 3 saturated heterocycles. The summed E-state index contributed by atoms with van der Waals surface area (Å²) in [6.45, 7) is 2.79. The highest BCUT2D eigenvalue weighted by atomic mass is 19.1. The van der Waals surface area contributed by atoms with Crippen molar-refractivity contribution in [2.24, 2.45) is 5.92 Å². The Kier molecular flexibility index (Phi) is 7.45. The van der Waals surface area contributed by atoms with Crippen molar-refractivity contribution in [2.75, 3.05) is 26.3 Å². The second-order valence-corrected chi connectivity index (χ2v) is 11.7. The molecule has 1 spiro atoms. The number of hydroxylamine groups is 2. The van der Waals surface area contributed by atoms with Crippen molar-refractivity contribution in [1.29, 1.82) is 0 Å². The van der Waals surface area contributed by atoms with Crippen LogP contribution in [0.4, 0.5) is 13.2 Å². The smallest absolute Gasteiger partial charge is 0.274 e. The minimum atomic E-state index is -1.23. The third-order valence-electron chi connectivity index (χ3n) is 9.07. The first-order chi connectivity index (χ1) is 20.5. The summed E-state index contributed by atoms with van der Waals surface area (Å²) in [5.74, 6) is -6.26. The van der Waals surface area contributed by atoms with Gasteiger partial charge in [-0.25, -0.2) is 18.2 Å². The fraction of sp³-hybridized carbons (Fsp3) is 0.517. The number of aromatic nitrogens is 1. The first-order valence-electron chi connectivity index (χ1n) is 14.3. The van der Waals surface area contributed by atoms with Crippen LogP contribution < -0.4 is 10.7 Å². The van der Waals surface area contributed by atoms with Gasteiger partial charge in [0.1, 0.15) is 28.6 Å². The Morgan fingerprint density at radius 3 is 2.51 bits per heavy atom. The quantitative estimate of drug-likeness (QED) is 0.536. The van der Waals surface area contributed by atoms with E-state index in [9.17, 15) is 37.5 Å². The predicted molar refractivity (Wildman–Crippen MR) is 142 cm³/mol. The van der Waals surface area contributed by atoms with Crippen LogP contribution in [0.25, 0.3) is 0 Å². The molecule has 4 aliphatic heterocycles. The van der Waals surface area contributed by atoms with E-state index < -0.39 is 69.8 Å². The monoisotopic (exact) mass is 604 g/mol. The maximum Gasteiger partial charge on any atom is 0.274 e. The molecule has 4 aliphatic rings. The fourth-order valence-electron chi connectivity index (χ4n) is 6.57. The number of amides is 3. The number of ether oxygens (including phenoxy) is 1. The zero-order chi connectivity index (χ0) is 30.6. The van der Waals surface area contributed by atoms with Gasteiger partial charge in [0.15, 0.2) is 11.4 Å². The Morgan fingerprint density at radius 1 is 1.12 bits per heavy atom. The highest BCUT2D eigenvalue weighted by Crippen LogP contribution is 2.47. The second-order valence-electron chi connectivity index (χ2n) is 11.7. The Balaban J connectivity index is 1.35. The van der Waals surface area contributed by atoms with E-state index in [1.807, 2.05) is 6.92 Å². The normalized spacial score (nSPS) is 25.7. The predicted octanol–water partition coefficient (Wildman–Crippen LogP) is 2.41. The fourth-order valence-corrected chi connectivity index (χ4v) is 6.57. The highest BCUT2D eigenvalue weighted by Gasteiger charge is 2.56. The zero-order valence-corrected chi connectivity index (χ0v) is 23.4. The van der Waals surface area contributed by atoms with Crippen molar-refractivity contribution in [3.05, 3.63) is 62.8 Å². The van der Waals surface area contributed by atoms with Gasteiger partial charge in [0.25, 0.3) is 11.8 Å². The first kappa shape index (κ1) is 29.2. The minimum Gasteiger partial charge on any atom is -0.503 e. The molecule has 230 valence electrons. The summed E-state index contributed by atoms with van der Waals surface area (Å²) in [5, 5.41) is 14.6. The van der Waals surface area contributed by atoms with Crippen LogP contribution in [0.3, 0.4) is 0 Å². The summed E-state index contributed by atoms with van der Waals surface area (Å²) in [7, 11) is 0. The summed E-state index contributed by atoms with van der Waals surface area (Å²) < 4.78 is 48.3. The Morgan fingerprint density at radius 2 is 1.81 bits per heavy atom. The third kappa shape index (κ3) is 5.05. The molecule has 2 aromatic rings. The molecule has 5 heterocycles. The number of nitrogens with zero attached hydrogens (tertiary/aromatic N) is 3. The Bertz CT molecular complexity index is 1540. The SMILES string of the molecule is C[C@H]1CC[C@]2(CC(=O)N(CC3CCOCC3)O2)[C@H]2CN1C(=O)c1c(O)c(=O)c(C(=O)NCc3c(F)cc(F)cc3F)cn12. The molecule has 0 radical (unpaired) electrons. The van der Waals surface area contributed by atoms with Gasteiger partial charge >= 0.3 is 0 Å². The van der Waals surface area contributed by atoms with E-state index in [4.69, 9.17) is 9.57 Å². The zero-order valence-electron chi connectivity index (χ0n) is 23.4. The van der Waals surface area contributed by atoms with Crippen LogP contribution in [0.15, 0.2) is 23.1 Å². The molecule has 1 aromatic carbocycles. The lowest BCUT2D eigenvalue weighted by molar-refractivity contribution is -0.219. The van der Waals surface area contributed by atoms with Gasteiger partial charge in [-0.05, 0) is 38.5 Å². The molecule has 0 saturated carbocycles. The minimum absolute atomic E-state index is 0.00733. The lowest BCUT2D eigenvalue weighted by Crippen LogP contribution is -2.52. The molecule has 3 atom stereocenters. The van der Waals surface area contributed by atoms with Crippen molar-refractivity contribution in [2.45, 2.75) is 63.3 Å². The number of benzene rings is 1. The van der Waals surface area contributed by atoms with Gasteiger partial charge in [-0.2, -0.15) is 0 Å². The van der Waals surface area contributed by atoms with Crippen LogP contribution in [0.2, 0.25) is 0 Å². The van der Waals surface area contributed by atoms with Crippen molar-refractivity contribution in [1.82, 2.24) is 19.8 Å². The van der Waals surface area contributed by atoms with Gasteiger partial charge in [-0.3, -0.25) is 24.0 Å². The molecule has 0 unspecified atom stereocenters. The summed E-state index contributed by atoms with van der Waals surface area (Å²) in [4.78, 5) is 61.0. The van der Waals surface area contributed by atoms with Crippen LogP contribution in [0, 0.1) is 23.4 Å². The van der Waals surface area contributed by atoms with E-state index in [-0.39, 0.29) is 36.5 Å². The number of rotatable bonds is 5. The van der Waals surface area contributed by atoms with E-state index in [0.29, 0.717) is 44.7 Å². The van der Waals surface area contributed by atoms with Gasteiger partial charge in [0.2, 0.25) is 11.3 Å². The molecule has 2 N–H and O–H groups in total. The molecule has 14 heteroatoms. The summed E-state index contributed by atoms with van der Waals surface area (Å²) in [6, 6.07) is -0.118. The maximum atomic E-state index is 14.1. The van der Waals surface area contributed by atoms with E-state index in [1.54, 1.807) is 0 Å². The van der Waals surface area contributed by atoms with Crippen molar-refractivity contribution < 1.29 is 42.2 Å². The van der Waals surface area contributed by atoms with Crippen molar-refractivity contribution >= 4 is 17.7 Å². The lowest BCUT2D eigenvalue weighted by atomic mass is 9.85. The number of aromatic hydroxyl groups is 1. The Labute approximate surface area is 244 Å². The van der Waals surface area contributed by atoms with Crippen LogP contribution in [0.5, 0.6) is 5.75 Å². The maximum absolute atomic E-state index is 14.1. The van der Waals surface area contributed by atoms with Gasteiger partial charge < -0.3 is 24.6 Å². The summed E-state index contributed by atoms with van der Waals surface area (Å²) in [6.07, 6.45) is 3.55. The van der Waals surface area contributed by atoms with Crippen molar-refractivity contribution in [3.8, 4) is 5.75 Å². The number of fused-ring (bicyclic) bond motifs is 5. The number of hydrogen-bond donors (Lipinski definition) is 2. The largest absolute Gasteiger partial charge is 0.503 e. The topological polar surface area (TPSA) is 130 Å². The van der Waals surface area contributed by atoms with Crippen LogP contribution in [-0.4, -0.2) is 75.3 Å². The number of pyridine rings is 1. The molecule has 11 nitrogen and oxygen atoms in total. The number of carbonyl (C=O) groups excluding carboxylic acids is 3. The van der Waals surface area contributed by atoms with Crippen LogP contribution in [0.1, 0.15) is 71.5 Å². The molecule has 0 aliphatic carbocycles. The average molecular weight is 605 g/mol. The number of hydrogen-bond acceptors (Lipinski definition) is 7. The van der Waals surface area contributed by atoms with Gasteiger partial charge in [0.05, 0.1) is 19.0 Å². The average Bonchev–Trinajstić information content (AvgIpc) is 3.22. The molecule has 43 heavy (non-hydrogen) atoms. The molecule has 6 rings (SSSR count). The van der Waals surface area contributed by atoms with Gasteiger partial charge in [0, 0.05) is 56.2 Å². The molecule has 3 amide bonds. The number of carbonyl (C=O) groups is 3. The molecule has 2 bridgehead atoms. The third-order valence-corrected chi connectivity index (χ3v) is 9.07. The standard InChI is InChI=1S/C29H31F3N4O7/c1-15-2-5-29(10-23(37)36(43-29)12-16-3-6-42-7-4-16)22-14-34(15)28(41)24-26(39)25(38)19(13-35(22)24)27(40)33-11-18-20(31)8-17(30)9-21(18)32/h8-9,13,15-16,22,39H,2-7,10-12,14H2,1H3,(H,33,40)/t15-,22+,29-/m0/s1. The first-order valence-corrected chi connectivity index (χ1v) is 14.3. The second kappa shape index (κ2) is 11.0. The highest BCUT2D eigenvalue weighted by molar-refractivity contribution is 5.99. The van der Waals surface area contributed by atoms with E-state index in [0.717, 1.165) is 19.0 Å². The Hall–Kier alpha value is -3.91. The number of halogens is 3. The van der Waals surface area contributed by atoms with E-state index in [2.05, 4.69) is 5.32 Å². The van der Waals surface area contributed by atoms with Crippen LogP contribution in [-0.2, 0) is 20.9 Å².